The molecule has 2 unspecified atom stereocenters. The zero-order valence-corrected chi connectivity index (χ0v) is 10.3. The van der Waals surface area contributed by atoms with Gasteiger partial charge in [0.1, 0.15) is 0 Å². The topological polar surface area (TPSA) is 49.8 Å². The van der Waals surface area contributed by atoms with Crippen molar-refractivity contribution in [3.63, 3.8) is 0 Å². The molecule has 1 aliphatic heterocycles. The molecule has 0 radical (unpaired) electrons. The number of aliphatic hydroxyl groups is 1. The van der Waals surface area contributed by atoms with E-state index < -0.39 is 0 Å². The molecular formula is C12H21NO3. The highest BCUT2D eigenvalue weighted by Gasteiger charge is 2.23. The maximum Gasteiger partial charge on any atom is 0.333 e. The predicted molar refractivity (Wildman–Crippen MR) is 62.0 cm³/mol. The summed E-state index contributed by atoms with van der Waals surface area (Å²) < 4.78 is 4.62. The van der Waals surface area contributed by atoms with E-state index in [2.05, 4.69) is 9.64 Å². The number of aliphatic hydroxyl groups excluding tert-OH is 1. The van der Waals surface area contributed by atoms with Gasteiger partial charge in [0.25, 0.3) is 0 Å². The number of methoxy groups -OCH3 is 1. The Labute approximate surface area is 96.9 Å². The Bertz CT molecular complexity index is 275. The molecule has 4 heteroatoms. The molecule has 4 nitrogen and oxygen atoms in total. The highest BCUT2D eigenvalue weighted by atomic mass is 16.5. The van der Waals surface area contributed by atoms with Crippen LogP contribution < -0.4 is 0 Å². The van der Waals surface area contributed by atoms with E-state index in [1.165, 1.54) is 7.11 Å². The number of carbonyl (C=O) groups excluding carboxylic acids is 1. The van der Waals surface area contributed by atoms with Gasteiger partial charge in [-0.25, -0.2) is 4.79 Å². The molecule has 92 valence electrons. The minimum Gasteiger partial charge on any atom is -0.466 e. The maximum absolute atomic E-state index is 11.2. The van der Waals surface area contributed by atoms with Crippen molar-refractivity contribution in [2.75, 3.05) is 26.7 Å². The van der Waals surface area contributed by atoms with E-state index in [-0.39, 0.29) is 12.1 Å². The lowest BCUT2D eigenvalue weighted by Gasteiger charge is -2.33. The molecule has 0 saturated carbocycles. The molecule has 0 aromatic heterocycles. The van der Waals surface area contributed by atoms with E-state index in [0.717, 1.165) is 26.1 Å². The average molecular weight is 227 g/mol. The van der Waals surface area contributed by atoms with E-state index in [4.69, 9.17) is 0 Å². The lowest BCUT2D eigenvalue weighted by Crippen LogP contribution is -2.41. The molecule has 16 heavy (non-hydrogen) atoms. The second-order valence-corrected chi connectivity index (χ2v) is 4.47. The van der Waals surface area contributed by atoms with Crippen LogP contribution in [0.5, 0.6) is 0 Å². The van der Waals surface area contributed by atoms with Gasteiger partial charge in [-0.3, -0.25) is 4.90 Å². The van der Waals surface area contributed by atoms with Crippen LogP contribution in [0.4, 0.5) is 0 Å². The van der Waals surface area contributed by atoms with Gasteiger partial charge in [-0.1, -0.05) is 13.0 Å². The first-order valence-corrected chi connectivity index (χ1v) is 5.70. The number of hydrogen-bond acceptors (Lipinski definition) is 4. The lowest BCUT2D eigenvalue weighted by molar-refractivity contribution is -0.136. The van der Waals surface area contributed by atoms with Crippen LogP contribution in [-0.4, -0.2) is 48.8 Å². The standard InChI is InChI=1S/C12H21NO3/c1-9(12(15)16-3)4-6-13-7-5-11(14)10(2)8-13/h4,10-11,14H,5-8H2,1-3H3. The first kappa shape index (κ1) is 13.2. The van der Waals surface area contributed by atoms with Crippen molar-refractivity contribution in [3.8, 4) is 0 Å². The molecule has 1 heterocycles. The molecule has 0 aliphatic carbocycles. The third kappa shape index (κ3) is 3.61. The van der Waals surface area contributed by atoms with Crippen molar-refractivity contribution in [1.29, 1.82) is 0 Å². The van der Waals surface area contributed by atoms with Crippen molar-refractivity contribution < 1.29 is 14.6 Å². The summed E-state index contributed by atoms with van der Waals surface area (Å²) in [6.45, 7) is 6.32. The van der Waals surface area contributed by atoms with Gasteiger partial charge in [0, 0.05) is 25.2 Å². The van der Waals surface area contributed by atoms with E-state index in [0.29, 0.717) is 11.5 Å². The Hall–Kier alpha value is -0.870. The normalized spacial score (nSPS) is 27.9. The summed E-state index contributed by atoms with van der Waals surface area (Å²) in [4.78, 5) is 13.4. The van der Waals surface area contributed by atoms with Crippen molar-refractivity contribution in [3.05, 3.63) is 11.6 Å². The fourth-order valence-electron chi connectivity index (χ4n) is 1.90. The molecule has 1 fully saturated rings. The second-order valence-electron chi connectivity index (χ2n) is 4.47. The number of ether oxygens (including phenoxy) is 1. The summed E-state index contributed by atoms with van der Waals surface area (Å²) in [5.41, 5.74) is 0.640. The summed E-state index contributed by atoms with van der Waals surface area (Å²) in [6, 6.07) is 0. The maximum atomic E-state index is 11.2. The number of esters is 1. The number of piperidine rings is 1. The van der Waals surface area contributed by atoms with E-state index in [1.54, 1.807) is 6.92 Å². The lowest BCUT2D eigenvalue weighted by atomic mass is 9.97. The molecule has 2 atom stereocenters. The number of hydrogen-bond donors (Lipinski definition) is 1. The molecule has 0 aromatic rings. The Morgan fingerprint density at radius 2 is 2.31 bits per heavy atom. The fourth-order valence-corrected chi connectivity index (χ4v) is 1.90. The Kier molecular flexibility index (Phi) is 4.96. The van der Waals surface area contributed by atoms with Crippen LogP contribution in [0.25, 0.3) is 0 Å². The first-order valence-electron chi connectivity index (χ1n) is 5.70. The summed E-state index contributed by atoms with van der Waals surface area (Å²) in [5, 5.41) is 9.58. The van der Waals surface area contributed by atoms with Crippen molar-refractivity contribution in [2.24, 2.45) is 5.92 Å². The fraction of sp³-hybridized carbons (Fsp3) is 0.750. The molecule has 0 spiro atoms. The summed E-state index contributed by atoms with van der Waals surface area (Å²) in [6.07, 6.45) is 2.52. The minimum absolute atomic E-state index is 0.179. The van der Waals surface area contributed by atoms with Gasteiger partial charge in [0.05, 0.1) is 13.2 Å². The molecular weight excluding hydrogens is 206 g/mol. The highest BCUT2D eigenvalue weighted by Crippen LogP contribution is 2.16. The monoisotopic (exact) mass is 227 g/mol. The third-order valence-corrected chi connectivity index (χ3v) is 3.11. The number of carbonyl (C=O) groups is 1. The zero-order valence-electron chi connectivity index (χ0n) is 10.3. The summed E-state index contributed by atoms with van der Waals surface area (Å²) >= 11 is 0. The van der Waals surface area contributed by atoms with Gasteiger partial charge in [-0.05, 0) is 19.3 Å². The van der Waals surface area contributed by atoms with Crippen LogP contribution in [0.3, 0.4) is 0 Å². The third-order valence-electron chi connectivity index (χ3n) is 3.11. The highest BCUT2D eigenvalue weighted by molar-refractivity contribution is 5.87. The molecule has 1 aliphatic rings. The van der Waals surface area contributed by atoms with E-state index >= 15 is 0 Å². The van der Waals surface area contributed by atoms with Crippen LogP contribution in [0.15, 0.2) is 11.6 Å². The van der Waals surface area contributed by atoms with Crippen LogP contribution in [0.2, 0.25) is 0 Å². The van der Waals surface area contributed by atoms with Gasteiger partial charge in [-0.15, -0.1) is 0 Å². The molecule has 1 rings (SSSR count). The number of nitrogens with zero attached hydrogens (tertiary/aromatic N) is 1. The van der Waals surface area contributed by atoms with E-state index in [1.807, 2.05) is 13.0 Å². The van der Waals surface area contributed by atoms with Crippen molar-refractivity contribution in [2.45, 2.75) is 26.4 Å². The van der Waals surface area contributed by atoms with Gasteiger partial charge < -0.3 is 9.84 Å². The van der Waals surface area contributed by atoms with Gasteiger partial charge in [-0.2, -0.15) is 0 Å². The Morgan fingerprint density at radius 1 is 1.62 bits per heavy atom. The first-order chi connectivity index (χ1) is 7.54. The summed E-state index contributed by atoms with van der Waals surface area (Å²) in [7, 11) is 1.39. The Morgan fingerprint density at radius 3 is 2.88 bits per heavy atom. The molecule has 0 aromatic carbocycles. The molecule has 0 bridgehead atoms. The smallest absolute Gasteiger partial charge is 0.333 e. The second kappa shape index (κ2) is 6.01. The minimum atomic E-state index is -0.273. The molecule has 1 saturated heterocycles. The number of rotatable bonds is 3. The van der Waals surface area contributed by atoms with Gasteiger partial charge >= 0.3 is 5.97 Å². The van der Waals surface area contributed by atoms with Gasteiger partial charge in [0.15, 0.2) is 0 Å². The average Bonchev–Trinajstić information content (AvgIpc) is 2.29. The SMILES string of the molecule is COC(=O)C(C)=CCN1CCC(O)C(C)C1. The quantitative estimate of drug-likeness (QED) is 0.572. The van der Waals surface area contributed by atoms with Crippen LogP contribution in [0, 0.1) is 5.92 Å². The van der Waals surface area contributed by atoms with Crippen molar-refractivity contribution >= 4 is 5.97 Å². The molecule has 0 amide bonds. The Balaban J connectivity index is 2.41. The predicted octanol–water partition coefficient (Wildman–Crippen LogP) is 0.808. The largest absolute Gasteiger partial charge is 0.466 e. The zero-order chi connectivity index (χ0) is 12.1. The summed E-state index contributed by atoms with van der Waals surface area (Å²) in [5.74, 6) is 0.0330. The molecule has 1 N–H and O–H groups in total. The number of likely N-dealkylation sites (tertiary alicyclic amines) is 1. The van der Waals surface area contributed by atoms with Gasteiger partial charge in [0.2, 0.25) is 0 Å². The van der Waals surface area contributed by atoms with Crippen LogP contribution >= 0.6 is 0 Å². The van der Waals surface area contributed by atoms with Crippen LogP contribution in [-0.2, 0) is 9.53 Å². The van der Waals surface area contributed by atoms with Crippen LogP contribution in [0.1, 0.15) is 20.3 Å². The van der Waals surface area contributed by atoms with E-state index in [9.17, 15) is 9.90 Å². The van der Waals surface area contributed by atoms with Crippen molar-refractivity contribution in [1.82, 2.24) is 4.90 Å².